The van der Waals surface area contributed by atoms with Crippen molar-refractivity contribution in [3.63, 3.8) is 0 Å². The number of aryl methyl sites for hydroxylation is 1. The van der Waals surface area contributed by atoms with Crippen molar-refractivity contribution in [2.45, 2.75) is 6.92 Å². The summed E-state index contributed by atoms with van der Waals surface area (Å²) in [6.07, 6.45) is 3.24. The Balaban J connectivity index is 2.25. The fourth-order valence-electron chi connectivity index (χ4n) is 1.87. The molecule has 1 aromatic carbocycles. The highest BCUT2D eigenvalue weighted by atomic mass is 35.5. The Hall–Kier alpha value is -2.74. The van der Waals surface area contributed by atoms with Crippen LogP contribution in [0.5, 0.6) is 11.5 Å². The number of hydrogen-bond acceptors (Lipinski definition) is 7. The van der Waals surface area contributed by atoms with Crippen molar-refractivity contribution >= 4 is 29.7 Å². The van der Waals surface area contributed by atoms with Crippen LogP contribution in [-0.4, -0.2) is 42.7 Å². The molecule has 2 N–H and O–H groups in total. The first-order valence-corrected chi connectivity index (χ1v) is 7.25. The standard InChI is InChI=1S/C15H17ClN4O4/c1-9-7-20(15(17)19-9)18-6-10-4-11(16)14(12(5-10)22-2)24-8-13(21)23-3/h4-7H,8H2,1-3H3,(H2,17,19). The van der Waals surface area contributed by atoms with Gasteiger partial charge in [0.25, 0.3) is 0 Å². The molecule has 0 aliphatic heterocycles. The number of benzene rings is 1. The number of imidazole rings is 1. The summed E-state index contributed by atoms with van der Waals surface area (Å²) in [5, 5.41) is 4.48. The van der Waals surface area contributed by atoms with Crippen LogP contribution in [0.15, 0.2) is 23.4 Å². The molecule has 8 nitrogen and oxygen atoms in total. The number of aromatic nitrogens is 2. The van der Waals surface area contributed by atoms with E-state index in [1.807, 2.05) is 6.92 Å². The summed E-state index contributed by atoms with van der Waals surface area (Å²) < 4.78 is 16.5. The van der Waals surface area contributed by atoms with Gasteiger partial charge in [-0.2, -0.15) is 5.10 Å². The van der Waals surface area contributed by atoms with Gasteiger partial charge in [-0.1, -0.05) is 11.6 Å². The van der Waals surface area contributed by atoms with E-state index in [0.29, 0.717) is 11.3 Å². The lowest BCUT2D eigenvalue weighted by atomic mass is 10.2. The van der Waals surface area contributed by atoms with Crippen molar-refractivity contribution in [1.82, 2.24) is 9.66 Å². The lowest BCUT2D eigenvalue weighted by Crippen LogP contribution is -2.13. The van der Waals surface area contributed by atoms with Gasteiger partial charge < -0.3 is 19.9 Å². The van der Waals surface area contributed by atoms with E-state index in [4.69, 9.17) is 26.8 Å². The zero-order valence-electron chi connectivity index (χ0n) is 13.4. The molecular formula is C15H17ClN4O4. The van der Waals surface area contributed by atoms with Gasteiger partial charge in [0.2, 0.25) is 5.95 Å². The van der Waals surface area contributed by atoms with Gasteiger partial charge in [0.05, 0.1) is 37.3 Å². The first kappa shape index (κ1) is 17.6. The number of ether oxygens (including phenoxy) is 3. The molecule has 0 atom stereocenters. The van der Waals surface area contributed by atoms with Crippen molar-refractivity contribution in [1.29, 1.82) is 0 Å². The second-order valence-electron chi connectivity index (χ2n) is 4.73. The van der Waals surface area contributed by atoms with Gasteiger partial charge in [0.15, 0.2) is 18.1 Å². The lowest BCUT2D eigenvalue weighted by Gasteiger charge is -2.12. The normalized spacial score (nSPS) is 10.8. The van der Waals surface area contributed by atoms with Gasteiger partial charge in [-0.05, 0) is 24.6 Å². The summed E-state index contributed by atoms with van der Waals surface area (Å²) in [4.78, 5) is 15.2. The van der Waals surface area contributed by atoms with Crippen LogP contribution in [-0.2, 0) is 9.53 Å². The number of anilines is 1. The zero-order valence-corrected chi connectivity index (χ0v) is 14.2. The van der Waals surface area contributed by atoms with Crippen LogP contribution < -0.4 is 15.2 Å². The Morgan fingerprint density at radius 3 is 2.79 bits per heavy atom. The van der Waals surface area contributed by atoms with Crippen LogP contribution in [0, 0.1) is 6.92 Å². The summed E-state index contributed by atoms with van der Waals surface area (Å²) in [6.45, 7) is 1.54. The average Bonchev–Trinajstić information content (AvgIpc) is 2.88. The predicted molar refractivity (Wildman–Crippen MR) is 89.9 cm³/mol. The number of methoxy groups -OCH3 is 2. The lowest BCUT2D eigenvalue weighted by molar-refractivity contribution is -0.142. The molecule has 0 radical (unpaired) electrons. The van der Waals surface area contributed by atoms with Gasteiger partial charge in [0.1, 0.15) is 0 Å². The van der Waals surface area contributed by atoms with Crippen molar-refractivity contribution in [3.8, 4) is 11.5 Å². The first-order valence-electron chi connectivity index (χ1n) is 6.87. The fraction of sp³-hybridized carbons (Fsp3) is 0.267. The number of carbonyl (C=O) groups excluding carboxylic acids is 1. The molecule has 0 saturated heterocycles. The van der Waals surface area contributed by atoms with Crippen LogP contribution in [0.1, 0.15) is 11.3 Å². The second kappa shape index (κ2) is 7.69. The maximum Gasteiger partial charge on any atom is 0.343 e. The molecule has 1 aromatic heterocycles. The number of esters is 1. The van der Waals surface area contributed by atoms with Crippen LogP contribution in [0.4, 0.5) is 5.95 Å². The molecule has 0 unspecified atom stereocenters. The third kappa shape index (κ3) is 4.17. The maximum absolute atomic E-state index is 11.2. The highest BCUT2D eigenvalue weighted by molar-refractivity contribution is 6.32. The molecule has 0 spiro atoms. The van der Waals surface area contributed by atoms with Crippen LogP contribution >= 0.6 is 11.6 Å². The quantitative estimate of drug-likeness (QED) is 0.629. The maximum atomic E-state index is 11.2. The van der Waals surface area contributed by atoms with Crippen LogP contribution in [0.2, 0.25) is 5.02 Å². The first-order chi connectivity index (χ1) is 11.4. The predicted octanol–water partition coefficient (Wildman–Crippen LogP) is 1.87. The molecule has 2 rings (SSSR count). The number of rotatable bonds is 6. The molecule has 0 fully saturated rings. The number of nitrogens with zero attached hydrogens (tertiary/aromatic N) is 3. The van der Waals surface area contributed by atoms with Gasteiger partial charge in [-0.3, -0.25) is 0 Å². The molecule has 2 aromatic rings. The average molecular weight is 353 g/mol. The van der Waals surface area contributed by atoms with E-state index in [1.54, 1.807) is 24.5 Å². The fourth-order valence-corrected chi connectivity index (χ4v) is 2.14. The molecule has 0 saturated carbocycles. The number of carbonyl (C=O) groups is 1. The minimum absolute atomic E-state index is 0.250. The summed E-state index contributed by atoms with van der Waals surface area (Å²) in [6, 6.07) is 3.29. The Labute approximate surface area is 143 Å². The third-order valence-corrected chi connectivity index (χ3v) is 3.26. The monoisotopic (exact) mass is 352 g/mol. The zero-order chi connectivity index (χ0) is 17.7. The Bertz CT molecular complexity index is 773. The van der Waals surface area contributed by atoms with E-state index in [-0.39, 0.29) is 23.3 Å². The summed E-state index contributed by atoms with van der Waals surface area (Å²) in [7, 11) is 2.74. The van der Waals surface area contributed by atoms with E-state index in [9.17, 15) is 4.79 Å². The van der Waals surface area contributed by atoms with E-state index in [0.717, 1.165) is 5.69 Å². The molecule has 0 amide bonds. The molecule has 9 heteroatoms. The second-order valence-corrected chi connectivity index (χ2v) is 5.14. The number of halogens is 1. The van der Waals surface area contributed by atoms with E-state index in [2.05, 4.69) is 14.8 Å². The topological polar surface area (TPSA) is 101 Å². The molecule has 0 aliphatic rings. The van der Waals surface area contributed by atoms with Gasteiger partial charge in [-0.25, -0.2) is 14.5 Å². The third-order valence-electron chi connectivity index (χ3n) is 2.98. The van der Waals surface area contributed by atoms with Crippen molar-refractivity contribution in [3.05, 3.63) is 34.6 Å². The Kier molecular flexibility index (Phi) is 5.64. The molecule has 0 aliphatic carbocycles. The SMILES string of the molecule is COC(=O)COc1c(Cl)cc(C=Nn2cc(C)nc2N)cc1OC. The highest BCUT2D eigenvalue weighted by Crippen LogP contribution is 2.36. The van der Waals surface area contributed by atoms with Gasteiger partial charge in [-0.15, -0.1) is 0 Å². The van der Waals surface area contributed by atoms with Crippen molar-refractivity contribution < 1.29 is 19.0 Å². The molecular weight excluding hydrogens is 336 g/mol. The summed E-state index contributed by atoms with van der Waals surface area (Å²) in [5.41, 5.74) is 7.14. The number of nitrogen functional groups attached to an aromatic ring is 1. The molecule has 0 bridgehead atoms. The Morgan fingerprint density at radius 2 is 2.21 bits per heavy atom. The largest absolute Gasteiger partial charge is 0.493 e. The van der Waals surface area contributed by atoms with Crippen LogP contribution in [0.3, 0.4) is 0 Å². The minimum Gasteiger partial charge on any atom is -0.493 e. The van der Waals surface area contributed by atoms with Crippen molar-refractivity contribution in [2.24, 2.45) is 5.10 Å². The summed E-state index contributed by atoms with van der Waals surface area (Å²) >= 11 is 6.19. The van der Waals surface area contributed by atoms with Gasteiger partial charge in [0, 0.05) is 0 Å². The number of hydrogen-bond donors (Lipinski definition) is 1. The van der Waals surface area contributed by atoms with Gasteiger partial charge >= 0.3 is 5.97 Å². The minimum atomic E-state index is -0.523. The summed E-state index contributed by atoms with van der Waals surface area (Å²) in [5.74, 6) is 0.367. The van der Waals surface area contributed by atoms with E-state index < -0.39 is 5.97 Å². The molecule has 24 heavy (non-hydrogen) atoms. The molecule has 1 heterocycles. The van der Waals surface area contributed by atoms with E-state index >= 15 is 0 Å². The molecule has 128 valence electrons. The highest BCUT2D eigenvalue weighted by Gasteiger charge is 2.13. The smallest absolute Gasteiger partial charge is 0.343 e. The van der Waals surface area contributed by atoms with E-state index in [1.165, 1.54) is 18.9 Å². The van der Waals surface area contributed by atoms with Crippen LogP contribution in [0.25, 0.3) is 0 Å². The van der Waals surface area contributed by atoms with Crippen molar-refractivity contribution in [2.75, 3.05) is 26.6 Å². The number of nitrogens with two attached hydrogens (primary N) is 1. The Morgan fingerprint density at radius 1 is 1.46 bits per heavy atom.